The van der Waals surface area contributed by atoms with Crippen molar-refractivity contribution in [2.45, 2.75) is 6.54 Å². The molecule has 0 aliphatic heterocycles. The van der Waals surface area contributed by atoms with Crippen molar-refractivity contribution in [3.05, 3.63) is 59.2 Å². The Morgan fingerprint density at radius 3 is 2.11 bits per heavy atom. The summed E-state index contributed by atoms with van der Waals surface area (Å²) in [4.78, 5) is 0. The smallest absolute Gasteiger partial charge is 0.128 e. The SMILES string of the molecule is N#Cc1ccc(Oc2ccc(CN)cc2)cc1C#N. The van der Waals surface area contributed by atoms with Gasteiger partial charge in [-0.05, 0) is 35.9 Å². The van der Waals surface area contributed by atoms with Crippen molar-refractivity contribution in [3.8, 4) is 23.6 Å². The third-order valence-corrected chi connectivity index (χ3v) is 2.63. The van der Waals surface area contributed by atoms with Crippen LogP contribution in [0.2, 0.25) is 0 Å². The van der Waals surface area contributed by atoms with E-state index < -0.39 is 0 Å². The van der Waals surface area contributed by atoms with Crippen molar-refractivity contribution >= 4 is 0 Å². The van der Waals surface area contributed by atoms with E-state index in [9.17, 15) is 0 Å². The van der Waals surface area contributed by atoms with Crippen molar-refractivity contribution in [1.82, 2.24) is 0 Å². The molecule has 0 atom stereocenters. The van der Waals surface area contributed by atoms with Crippen LogP contribution in [-0.2, 0) is 6.54 Å². The van der Waals surface area contributed by atoms with Crippen LogP contribution in [0.3, 0.4) is 0 Å². The van der Waals surface area contributed by atoms with E-state index in [2.05, 4.69) is 0 Å². The second-order valence-corrected chi connectivity index (χ2v) is 3.88. The lowest BCUT2D eigenvalue weighted by Gasteiger charge is -2.07. The maximum atomic E-state index is 8.94. The molecule has 0 heterocycles. The molecular weight excluding hydrogens is 238 g/mol. The molecule has 0 aliphatic rings. The van der Waals surface area contributed by atoms with Crippen molar-refractivity contribution < 1.29 is 4.74 Å². The molecule has 0 fully saturated rings. The Bertz CT molecular complexity index is 663. The van der Waals surface area contributed by atoms with Crippen LogP contribution in [-0.4, -0.2) is 0 Å². The van der Waals surface area contributed by atoms with Gasteiger partial charge >= 0.3 is 0 Å². The highest BCUT2D eigenvalue weighted by molar-refractivity contribution is 5.50. The van der Waals surface area contributed by atoms with Gasteiger partial charge in [-0.3, -0.25) is 0 Å². The number of hydrogen-bond acceptors (Lipinski definition) is 4. The summed E-state index contributed by atoms with van der Waals surface area (Å²) >= 11 is 0. The molecule has 4 heteroatoms. The second kappa shape index (κ2) is 5.68. The zero-order valence-electron chi connectivity index (χ0n) is 10.1. The van der Waals surface area contributed by atoms with Crippen LogP contribution >= 0.6 is 0 Å². The van der Waals surface area contributed by atoms with Crippen molar-refractivity contribution in [2.24, 2.45) is 5.73 Å². The molecule has 0 radical (unpaired) electrons. The van der Waals surface area contributed by atoms with Crippen LogP contribution in [0.5, 0.6) is 11.5 Å². The molecule has 2 rings (SSSR count). The fourth-order valence-electron chi connectivity index (χ4n) is 1.61. The first-order valence-corrected chi connectivity index (χ1v) is 5.68. The summed E-state index contributed by atoms with van der Waals surface area (Å²) in [7, 11) is 0. The largest absolute Gasteiger partial charge is 0.457 e. The van der Waals surface area contributed by atoms with Gasteiger partial charge in [-0.25, -0.2) is 0 Å². The lowest BCUT2D eigenvalue weighted by molar-refractivity contribution is 0.482. The molecule has 19 heavy (non-hydrogen) atoms. The number of nitriles is 2. The molecule has 0 aromatic heterocycles. The van der Waals surface area contributed by atoms with Gasteiger partial charge in [0.1, 0.15) is 23.6 Å². The molecule has 0 bridgehead atoms. The molecule has 0 aliphatic carbocycles. The predicted octanol–water partition coefficient (Wildman–Crippen LogP) is 2.68. The summed E-state index contributed by atoms with van der Waals surface area (Å²) < 4.78 is 5.62. The molecule has 4 nitrogen and oxygen atoms in total. The quantitative estimate of drug-likeness (QED) is 0.906. The van der Waals surface area contributed by atoms with Crippen LogP contribution < -0.4 is 10.5 Å². The van der Waals surface area contributed by atoms with Crippen molar-refractivity contribution in [2.75, 3.05) is 0 Å². The predicted molar refractivity (Wildman–Crippen MR) is 70.3 cm³/mol. The summed E-state index contributed by atoms with van der Waals surface area (Å²) in [5.41, 5.74) is 7.18. The molecule has 0 saturated carbocycles. The highest BCUT2D eigenvalue weighted by atomic mass is 16.5. The van der Waals surface area contributed by atoms with Gasteiger partial charge in [0.15, 0.2) is 0 Å². The van der Waals surface area contributed by atoms with Crippen molar-refractivity contribution in [1.29, 1.82) is 10.5 Å². The fourth-order valence-corrected chi connectivity index (χ4v) is 1.61. The van der Waals surface area contributed by atoms with Gasteiger partial charge in [0, 0.05) is 6.54 Å². The Labute approximate surface area is 111 Å². The average molecular weight is 249 g/mol. The Kier molecular flexibility index (Phi) is 3.78. The Hall–Kier alpha value is -2.82. The molecule has 2 N–H and O–H groups in total. The van der Waals surface area contributed by atoms with E-state index in [-0.39, 0.29) is 0 Å². The molecule has 0 saturated heterocycles. The number of rotatable bonds is 3. The molecule has 0 unspecified atom stereocenters. The number of nitrogens with zero attached hydrogens (tertiary/aromatic N) is 2. The summed E-state index contributed by atoms with van der Waals surface area (Å²) in [5, 5.41) is 17.8. The first kappa shape index (κ1) is 12.6. The molecule has 92 valence electrons. The van der Waals surface area contributed by atoms with Crippen LogP contribution in [0.15, 0.2) is 42.5 Å². The second-order valence-electron chi connectivity index (χ2n) is 3.88. The summed E-state index contributed by atoms with van der Waals surface area (Å²) in [6, 6.07) is 16.1. The zero-order chi connectivity index (χ0) is 13.7. The molecular formula is C15H11N3O. The molecule has 0 spiro atoms. The number of ether oxygens (including phenoxy) is 1. The number of hydrogen-bond donors (Lipinski definition) is 1. The maximum Gasteiger partial charge on any atom is 0.128 e. The van der Waals surface area contributed by atoms with E-state index in [1.807, 2.05) is 36.4 Å². The lowest BCUT2D eigenvalue weighted by atomic mass is 10.1. The van der Waals surface area contributed by atoms with E-state index in [1.165, 1.54) is 0 Å². The summed E-state index contributed by atoms with van der Waals surface area (Å²) in [6.45, 7) is 0.482. The van der Waals surface area contributed by atoms with Gasteiger partial charge in [0.05, 0.1) is 11.1 Å². The highest BCUT2D eigenvalue weighted by Crippen LogP contribution is 2.24. The Morgan fingerprint density at radius 1 is 0.895 bits per heavy atom. The van der Waals surface area contributed by atoms with Crippen LogP contribution in [0.25, 0.3) is 0 Å². The van der Waals surface area contributed by atoms with Gasteiger partial charge in [-0.1, -0.05) is 12.1 Å². The van der Waals surface area contributed by atoms with Gasteiger partial charge in [0.2, 0.25) is 0 Å². The van der Waals surface area contributed by atoms with E-state index in [1.54, 1.807) is 18.2 Å². The fraction of sp³-hybridized carbons (Fsp3) is 0.0667. The minimum atomic E-state index is 0.304. The first-order chi connectivity index (χ1) is 9.26. The normalized spacial score (nSPS) is 9.42. The van der Waals surface area contributed by atoms with Crippen LogP contribution in [0, 0.1) is 22.7 Å². The molecule has 2 aromatic carbocycles. The summed E-state index contributed by atoms with van der Waals surface area (Å²) in [6.07, 6.45) is 0. The van der Waals surface area contributed by atoms with E-state index >= 15 is 0 Å². The monoisotopic (exact) mass is 249 g/mol. The van der Waals surface area contributed by atoms with E-state index in [0.29, 0.717) is 29.2 Å². The zero-order valence-corrected chi connectivity index (χ0v) is 10.1. The lowest BCUT2D eigenvalue weighted by Crippen LogP contribution is -1.95. The maximum absolute atomic E-state index is 8.94. The van der Waals surface area contributed by atoms with Crippen molar-refractivity contribution in [3.63, 3.8) is 0 Å². The third kappa shape index (κ3) is 2.90. The summed E-state index contributed by atoms with van der Waals surface area (Å²) in [5.74, 6) is 1.18. The highest BCUT2D eigenvalue weighted by Gasteiger charge is 2.04. The minimum Gasteiger partial charge on any atom is -0.457 e. The number of benzene rings is 2. The Balaban J connectivity index is 2.24. The van der Waals surface area contributed by atoms with Gasteiger partial charge in [-0.2, -0.15) is 10.5 Å². The Morgan fingerprint density at radius 2 is 1.53 bits per heavy atom. The number of nitrogens with two attached hydrogens (primary N) is 1. The standard InChI is InChI=1S/C15H11N3O/c16-8-11-1-4-14(5-2-11)19-15-6-3-12(9-17)13(7-15)10-18/h1-7H,8,16H2. The molecule has 0 amide bonds. The van der Waals surface area contributed by atoms with Gasteiger partial charge < -0.3 is 10.5 Å². The van der Waals surface area contributed by atoms with Gasteiger partial charge in [0.25, 0.3) is 0 Å². The molecule has 2 aromatic rings. The average Bonchev–Trinajstić information content (AvgIpc) is 2.48. The topological polar surface area (TPSA) is 82.8 Å². The van der Waals surface area contributed by atoms with Gasteiger partial charge in [-0.15, -0.1) is 0 Å². The van der Waals surface area contributed by atoms with Crippen LogP contribution in [0.1, 0.15) is 16.7 Å². The van der Waals surface area contributed by atoms with Crippen LogP contribution in [0.4, 0.5) is 0 Å². The minimum absolute atomic E-state index is 0.304. The third-order valence-electron chi connectivity index (χ3n) is 2.63. The van der Waals surface area contributed by atoms with E-state index in [4.69, 9.17) is 21.0 Å². The first-order valence-electron chi connectivity index (χ1n) is 5.68. The van der Waals surface area contributed by atoms with E-state index in [0.717, 1.165) is 5.56 Å².